The number of hydrogen-bond acceptors (Lipinski definition) is 0. The van der Waals surface area contributed by atoms with Crippen molar-refractivity contribution in [1.29, 1.82) is 0 Å². The van der Waals surface area contributed by atoms with Crippen LogP contribution < -0.4 is 0 Å². The quantitative estimate of drug-likeness (QED) is 0.194. The summed E-state index contributed by atoms with van der Waals surface area (Å²) in [7, 11) is 0. The molecule has 0 N–H and O–H groups in total. The number of alkyl halides is 32. The summed E-state index contributed by atoms with van der Waals surface area (Å²) in [4.78, 5) is -4.44. The van der Waals surface area contributed by atoms with Gasteiger partial charge < -0.3 is 0 Å². The van der Waals surface area contributed by atoms with Crippen molar-refractivity contribution in [2.45, 2.75) is 57.7 Å². The first-order valence-electron chi connectivity index (χ1n) is 8.05. The molecule has 0 bridgehead atoms. The summed E-state index contributed by atoms with van der Waals surface area (Å²) in [6.07, 6.45) is -5.42. The van der Waals surface area contributed by atoms with E-state index in [2.05, 4.69) is 104 Å². The molecule has 0 heterocycles. The molecule has 0 aromatic rings. The van der Waals surface area contributed by atoms with Crippen LogP contribution in [-0.4, -0.2) is 57.7 Å². The monoisotopic (exact) mass is 1130 g/mol. The van der Waals surface area contributed by atoms with Crippen LogP contribution in [0.1, 0.15) is 0 Å². The van der Waals surface area contributed by atoms with Gasteiger partial charge in [-0.2, -0.15) is 39.5 Å². The number of halogens is 32. The van der Waals surface area contributed by atoms with Crippen LogP contribution in [0, 0.1) is 0 Å². The molecule has 0 fully saturated rings. The van der Waals surface area contributed by atoms with Crippen molar-refractivity contribution in [3.05, 3.63) is 0 Å². The van der Waals surface area contributed by atoms with Crippen molar-refractivity contribution in [3.8, 4) is 0 Å². The number of hydrogen-bond donors (Lipinski definition) is 0. The standard InChI is InChI=1S/C3Br2ClF5.C3Cl6F2.C3Cl5F3.C3Cl4F4/c4-1(7,2(5,8)9)3(6,10)11;4-1(10,2(5,6)7)3(8,9)11;4-1(9,2(5,6)7)3(8,10)11;4-1(8,2(5,6)7)3(9,10)11. The Morgan fingerprint density at radius 2 is 0.545 bits per heavy atom. The Labute approximate surface area is 333 Å². The predicted octanol–water partition coefficient (Wildman–Crippen LogP) is 16.1. The molecule has 0 aliphatic heterocycles. The van der Waals surface area contributed by atoms with E-state index in [0.717, 1.165) is 0 Å². The minimum Gasteiger partial charge on any atom is -0.215 e. The highest BCUT2D eigenvalue weighted by molar-refractivity contribution is 9.12. The highest BCUT2D eigenvalue weighted by Gasteiger charge is 2.68. The van der Waals surface area contributed by atoms with Gasteiger partial charge in [-0.05, 0) is 55.1 Å². The van der Waals surface area contributed by atoms with E-state index in [1.54, 1.807) is 0 Å². The smallest absolute Gasteiger partial charge is 0.215 e. The van der Waals surface area contributed by atoms with E-state index in [-0.39, 0.29) is 0 Å². The van der Waals surface area contributed by atoms with E-state index in [1.807, 2.05) is 0 Å². The van der Waals surface area contributed by atoms with Gasteiger partial charge in [-0.25, -0.2) is 22.0 Å². The van der Waals surface area contributed by atoms with Crippen molar-refractivity contribution < 1.29 is 61.5 Å². The molecule has 4 unspecified atom stereocenters. The lowest BCUT2D eigenvalue weighted by Gasteiger charge is -2.29. The zero-order chi connectivity index (χ0) is 38.0. The fraction of sp³-hybridized carbons (Fsp3) is 1.00. The zero-order valence-electron chi connectivity index (χ0n) is 18.1. The van der Waals surface area contributed by atoms with E-state index in [0.29, 0.717) is 0 Å². The maximum absolute atomic E-state index is 12.8. The average molecular weight is 1140 g/mol. The topological polar surface area (TPSA) is 0 Å². The minimum atomic E-state index is -5.42. The maximum atomic E-state index is 12.8. The molecule has 0 saturated carbocycles. The largest absolute Gasteiger partial charge is 0.441 e. The fourth-order valence-electron chi connectivity index (χ4n) is 0.643. The minimum absolute atomic E-state index is 1.42. The van der Waals surface area contributed by atoms with E-state index in [1.165, 1.54) is 31.9 Å². The summed E-state index contributed by atoms with van der Waals surface area (Å²) in [5.41, 5.74) is 0. The van der Waals surface area contributed by atoms with Crippen molar-refractivity contribution in [1.82, 2.24) is 0 Å². The third-order valence-corrected chi connectivity index (χ3v) is 11.3. The third-order valence-electron chi connectivity index (χ3n) is 2.85. The SMILES string of the molecule is FC(Cl)(Cl)C(F)(Cl)C(Cl)(Cl)Cl.FC(F)(Cl)C(F)(Br)C(F)(F)Br.FC(F)(Cl)C(F)(Cl)C(Cl)(Cl)Cl.FC(F)(F)C(F)(Cl)C(Cl)(Cl)Cl. The van der Waals surface area contributed by atoms with E-state index < -0.39 is 57.7 Å². The molecule has 0 nitrogen and oxygen atoms in total. The van der Waals surface area contributed by atoms with Gasteiger partial charge in [0.25, 0.3) is 5.13 Å². The van der Waals surface area contributed by atoms with Crippen LogP contribution in [0.3, 0.4) is 0 Å². The van der Waals surface area contributed by atoms with Gasteiger partial charge in [-0.1, -0.05) is 162 Å². The Morgan fingerprint density at radius 1 is 0.318 bits per heavy atom. The molecule has 0 saturated heterocycles. The first-order chi connectivity index (χ1) is 18.0. The van der Waals surface area contributed by atoms with Crippen LogP contribution in [0.4, 0.5) is 61.5 Å². The van der Waals surface area contributed by atoms with E-state index in [4.69, 9.17) is 81.2 Å². The van der Waals surface area contributed by atoms with Gasteiger partial charge in [0.2, 0.25) is 11.4 Å². The summed E-state index contributed by atoms with van der Waals surface area (Å²) in [5, 5.41) is -20.9. The lowest BCUT2D eigenvalue weighted by atomic mass is 10.4. The second-order valence-corrected chi connectivity index (χ2v) is 19.0. The molecule has 0 amide bonds. The van der Waals surface area contributed by atoms with Crippen molar-refractivity contribution >= 4 is 217 Å². The second-order valence-electron chi connectivity index (χ2n) is 6.28. The van der Waals surface area contributed by atoms with Gasteiger partial charge in [0.1, 0.15) is 0 Å². The van der Waals surface area contributed by atoms with Gasteiger partial charge in [0, 0.05) is 0 Å². The zero-order valence-corrected chi connectivity index (χ0v) is 33.4. The molecule has 0 radical (unpaired) electrons. The predicted molar refractivity (Wildman–Crippen MR) is 160 cm³/mol. The lowest BCUT2D eigenvalue weighted by molar-refractivity contribution is -0.196. The Morgan fingerprint density at radius 3 is 0.545 bits per heavy atom. The van der Waals surface area contributed by atoms with Gasteiger partial charge in [-0.15, -0.1) is 0 Å². The number of rotatable bonds is 4. The van der Waals surface area contributed by atoms with Crippen molar-refractivity contribution in [2.24, 2.45) is 0 Å². The maximum Gasteiger partial charge on any atom is 0.441 e. The first kappa shape index (κ1) is 55.4. The van der Waals surface area contributed by atoms with E-state index in [9.17, 15) is 61.5 Å². The molecule has 44 heavy (non-hydrogen) atoms. The van der Waals surface area contributed by atoms with Gasteiger partial charge in [0.05, 0.1) is 0 Å². The lowest BCUT2D eigenvalue weighted by Crippen LogP contribution is -2.46. The highest BCUT2D eigenvalue weighted by Crippen LogP contribution is 2.56. The van der Waals surface area contributed by atoms with Crippen LogP contribution in [0.25, 0.3) is 0 Å². The summed E-state index contributed by atoms with van der Waals surface area (Å²) in [6, 6.07) is 0. The van der Waals surface area contributed by atoms with Gasteiger partial charge in [0.15, 0.2) is 0 Å². The van der Waals surface area contributed by atoms with Crippen molar-refractivity contribution in [2.75, 3.05) is 0 Å². The van der Waals surface area contributed by atoms with Crippen LogP contribution in [0.5, 0.6) is 0 Å². The van der Waals surface area contributed by atoms with Crippen LogP contribution >= 0.6 is 217 Å². The van der Waals surface area contributed by atoms with E-state index >= 15 is 0 Å². The Bertz CT molecular complexity index is 666. The second kappa shape index (κ2) is 17.6. The van der Waals surface area contributed by atoms with Crippen LogP contribution in [-0.2, 0) is 0 Å². The molecule has 272 valence electrons. The Kier molecular flexibility index (Phi) is 22.2. The molecular weight excluding hydrogens is 1140 g/mol. The molecule has 0 aliphatic carbocycles. The Balaban J connectivity index is -0.000000242. The summed E-state index contributed by atoms with van der Waals surface area (Å²) < 4.78 is 152. The molecule has 32 heteroatoms. The highest BCUT2D eigenvalue weighted by atomic mass is 79.9. The van der Waals surface area contributed by atoms with Crippen LogP contribution in [0.15, 0.2) is 0 Å². The normalized spacial score (nSPS) is 19.6. The summed E-state index contributed by atoms with van der Waals surface area (Å²) >= 11 is 77.0. The Hall–Kier alpha value is 4.62. The molecule has 0 spiro atoms. The molecule has 0 aliphatic rings. The third kappa shape index (κ3) is 16.5. The van der Waals surface area contributed by atoms with Crippen molar-refractivity contribution in [3.63, 3.8) is 0 Å². The van der Waals surface area contributed by atoms with Gasteiger partial charge >= 0.3 is 41.2 Å². The average Bonchev–Trinajstić information content (AvgIpc) is 2.62. The molecule has 0 aromatic heterocycles. The fourth-order valence-corrected chi connectivity index (χ4v) is 3.05. The molecule has 4 atom stereocenters. The first-order valence-corrected chi connectivity index (χ1v) is 15.7. The molecule has 0 aromatic carbocycles. The van der Waals surface area contributed by atoms with Gasteiger partial charge in [-0.3, -0.25) is 0 Å². The summed E-state index contributed by atoms with van der Waals surface area (Å²) in [5.74, 6) is 0. The molecule has 0 rings (SSSR count). The summed E-state index contributed by atoms with van der Waals surface area (Å²) in [6.45, 7) is 0. The molecular formula is C12Br2Cl16F14. The van der Waals surface area contributed by atoms with Crippen LogP contribution in [0.2, 0.25) is 0 Å².